The molecule has 6 heteroatoms. The maximum Gasteiger partial charge on any atom is 0.266 e. The van der Waals surface area contributed by atoms with Crippen LogP contribution in [0.3, 0.4) is 0 Å². The summed E-state index contributed by atoms with van der Waals surface area (Å²) in [4.78, 5) is 12.5. The summed E-state index contributed by atoms with van der Waals surface area (Å²) in [6.07, 6.45) is 2.30. The van der Waals surface area contributed by atoms with Crippen LogP contribution in [0, 0.1) is 14.9 Å². The Morgan fingerprint density at radius 1 is 1.16 bits per heavy atom. The van der Waals surface area contributed by atoms with E-state index in [1.54, 1.807) is 18.2 Å². The van der Waals surface area contributed by atoms with Crippen molar-refractivity contribution in [2.24, 2.45) is 0 Å². The summed E-state index contributed by atoms with van der Waals surface area (Å²) in [6.45, 7) is 2.46. The van der Waals surface area contributed by atoms with Gasteiger partial charge in [0.25, 0.3) is 5.91 Å². The second-order valence-corrected chi connectivity index (χ2v) is 8.69. The fourth-order valence-electron chi connectivity index (χ4n) is 3.04. The molecule has 0 aliphatic heterocycles. The van der Waals surface area contributed by atoms with Gasteiger partial charge in [0.15, 0.2) is 0 Å². The van der Waals surface area contributed by atoms with Crippen LogP contribution in [-0.4, -0.2) is 12.5 Å². The van der Waals surface area contributed by atoms with E-state index in [0.29, 0.717) is 18.7 Å². The first-order valence-electron chi connectivity index (χ1n) is 9.68. The zero-order valence-electron chi connectivity index (χ0n) is 16.9. The van der Waals surface area contributed by atoms with Crippen LogP contribution >= 0.6 is 38.5 Å². The molecular formula is C25H20BrIN2O2. The molecule has 0 saturated carbocycles. The summed E-state index contributed by atoms with van der Waals surface area (Å²) < 4.78 is 7.96. The van der Waals surface area contributed by atoms with Crippen LogP contribution in [0.2, 0.25) is 0 Å². The molecule has 1 amide bonds. The molecule has 3 aromatic rings. The maximum absolute atomic E-state index is 12.5. The smallest absolute Gasteiger partial charge is 0.266 e. The average Bonchev–Trinajstić information content (AvgIpc) is 2.76. The van der Waals surface area contributed by atoms with Gasteiger partial charge in [-0.1, -0.05) is 52.3 Å². The number of nitrogens with zero attached hydrogens (tertiary/aromatic N) is 1. The molecule has 0 saturated heterocycles. The summed E-state index contributed by atoms with van der Waals surface area (Å²) in [5, 5.41) is 12.3. The van der Waals surface area contributed by atoms with Crippen molar-refractivity contribution in [3.05, 3.63) is 97.0 Å². The highest BCUT2D eigenvalue weighted by atomic mass is 127. The molecule has 0 unspecified atom stereocenters. The van der Waals surface area contributed by atoms with E-state index in [0.717, 1.165) is 30.5 Å². The standard InChI is InChI=1S/C25H20BrIN2O2/c1-2-31-24-14-17(12-19(16-28)25(30)29-20-9-4-3-5-10-20)13-23(27)21(24)15-18-8-6-7-11-22(18)26/h3-14H,2,15H2,1H3,(H,29,30)/b19-12+. The molecule has 31 heavy (non-hydrogen) atoms. The number of anilines is 1. The number of nitriles is 1. The third kappa shape index (κ3) is 6.18. The van der Waals surface area contributed by atoms with Crippen molar-refractivity contribution in [1.82, 2.24) is 0 Å². The van der Waals surface area contributed by atoms with Crippen molar-refractivity contribution in [3.63, 3.8) is 0 Å². The Labute approximate surface area is 204 Å². The summed E-state index contributed by atoms with van der Waals surface area (Å²) in [5.41, 5.74) is 3.63. The zero-order chi connectivity index (χ0) is 22.2. The van der Waals surface area contributed by atoms with E-state index in [-0.39, 0.29) is 5.57 Å². The minimum absolute atomic E-state index is 0.0284. The van der Waals surface area contributed by atoms with Crippen molar-refractivity contribution in [3.8, 4) is 11.8 Å². The van der Waals surface area contributed by atoms with Gasteiger partial charge in [-0.2, -0.15) is 5.26 Å². The van der Waals surface area contributed by atoms with Gasteiger partial charge in [-0.25, -0.2) is 0 Å². The fraction of sp³-hybridized carbons (Fsp3) is 0.120. The Kier molecular flexibility index (Phi) is 8.27. The molecule has 3 aromatic carbocycles. The molecule has 1 N–H and O–H groups in total. The van der Waals surface area contributed by atoms with E-state index >= 15 is 0 Å². The Morgan fingerprint density at radius 2 is 1.87 bits per heavy atom. The lowest BCUT2D eigenvalue weighted by molar-refractivity contribution is -0.112. The third-order valence-electron chi connectivity index (χ3n) is 4.51. The summed E-state index contributed by atoms with van der Waals surface area (Å²) in [5.74, 6) is 0.302. The molecule has 0 spiro atoms. The van der Waals surface area contributed by atoms with Gasteiger partial charge >= 0.3 is 0 Å². The number of ether oxygens (including phenoxy) is 1. The van der Waals surface area contributed by atoms with Crippen molar-refractivity contribution < 1.29 is 9.53 Å². The van der Waals surface area contributed by atoms with Crippen LogP contribution in [0.15, 0.2) is 76.8 Å². The molecule has 0 radical (unpaired) electrons. The van der Waals surface area contributed by atoms with Crippen LogP contribution in [-0.2, 0) is 11.2 Å². The lowest BCUT2D eigenvalue weighted by Crippen LogP contribution is -2.13. The van der Waals surface area contributed by atoms with E-state index in [4.69, 9.17) is 4.74 Å². The lowest BCUT2D eigenvalue weighted by Gasteiger charge is -2.15. The molecule has 0 aliphatic rings. The number of para-hydroxylation sites is 1. The van der Waals surface area contributed by atoms with Crippen molar-refractivity contribution in [1.29, 1.82) is 5.26 Å². The molecule has 0 atom stereocenters. The van der Waals surface area contributed by atoms with Gasteiger partial charge in [-0.05, 0) is 77.0 Å². The molecule has 0 fully saturated rings. The first kappa shape index (κ1) is 23.0. The second-order valence-electron chi connectivity index (χ2n) is 6.67. The molecule has 0 bridgehead atoms. The van der Waals surface area contributed by atoms with Gasteiger partial charge in [0.2, 0.25) is 0 Å². The van der Waals surface area contributed by atoms with Gasteiger partial charge in [0.1, 0.15) is 17.4 Å². The normalized spacial score (nSPS) is 11.0. The van der Waals surface area contributed by atoms with Crippen LogP contribution in [0.1, 0.15) is 23.6 Å². The number of hydrogen-bond donors (Lipinski definition) is 1. The second kappa shape index (κ2) is 11.1. The molecule has 3 rings (SSSR count). The Morgan fingerprint density at radius 3 is 2.55 bits per heavy atom. The van der Waals surface area contributed by atoms with Crippen LogP contribution < -0.4 is 10.1 Å². The third-order valence-corrected chi connectivity index (χ3v) is 6.25. The number of amides is 1. The van der Waals surface area contributed by atoms with Crippen molar-refractivity contribution >= 4 is 56.2 Å². The van der Waals surface area contributed by atoms with E-state index < -0.39 is 5.91 Å². The number of nitrogens with one attached hydrogen (secondary N) is 1. The minimum atomic E-state index is -0.445. The SMILES string of the molecule is CCOc1cc(/C=C(\C#N)C(=O)Nc2ccccc2)cc(I)c1Cc1ccccc1Br. The first-order valence-corrected chi connectivity index (χ1v) is 11.6. The van der Waals surface area contributed by atoms with Gasteiger partial charge in [-0.3, -0.25) is 4.79 Å². The Hall–Kier alpha value is -2.63. The Bertz CT molecular complexity index is 1150. The molecule has 156 valence electrons. The largest absolute Gasteiger partial charge is 0.494 e. The molecule has 0 aromatic heterocycles. The van der Waals surface area contributed by atoms with E-state index in [1.807, 2.05) is 61.5 Å². The minimum Gasteiger partial charge on any atom is -0.494 e. The number of hydrogen-bond acceptors (Lipinski definition) is 3. The molecule has 0 aliphatic carbocycles. The van der Waals surface area contributed by atoms with Crippen molar-refractivity contribution in [2.45, 2.75) is 13.3 Å². The van der Waals surface area contributed by atoms with Gasteiger partial charge in [-0.15, -0.1) is 0 Å². The van der Waals surface area contributed by atoms with Crippen LogP contribution in [0.25, 0.3) is 6.08 Å². The zero-order valence-corrected chi connectivity index (χ0v) is 20.6. The quantitative estimate of drug-likeness (QED) is 0.193. The molecular weight excluding hydrogens is 567 g/mol. The summed E-state index contributed by atoms with van der Waals surface area (Å²) >= 11 is 5.88. The van der Waals surface area contributed by atoms with E-state index in [9.17, 15) is 10.1 Å². The summed E-state index contributed by atoms with van der Waals surface area (Å²) in [6, 6.07) is 23.0. The molecule has 4 nitrogen and oxygen atoms in total. The molecule has 0 heterocycles. The van der Waals surface area contributed by atoms with Crippen LogP contribution in [0.5, 0.6) is 5.75 Å². The predicted octanol–water partition coefficient (Wildman–Crippen LogP) is 6.59. The highest BCUT2D eigenvalue weighted by Gasteiger charge is 2.14. The van der Waals surface area contributed by atoms with Gasteiger partial charge < -0.3 is 10.1 Å². The highest BCUT2D eigenvalue weighted by Crippen LogP contribution is 2.31. The Balaban J connectivity index is 1.93. The number of carbonyl (C=O) groups is 1. The number of benzene rings is 3. The van der Waals surface area contributed by atoms with Crippen molar-refractivity contribution in [2.75, 3.05) is 11.9 Å². The maximum atomic E-state index is 12.5. The fourth-order valence-corrected chi connectivity index (χ4v) is 4.28. The highest BCUT2D eigenvalue weighted by molar-refractivity contribution is 14.1. The van der Waals surface area contributed by atoms with E-state index in [2.05, 4.69) is 49.9 Å². The first-order chi connectivity index (χ1) is 15.0. The topological polar surface area (TPSA) is 62.1 Å². The number of halogens is 2. The number of rotatable bonds is 7. The van der Waals surface area contributed by atoms with Gasteiger partial charge in [0.05, 0.1) is 6.61 Å². The monoisotopic (exact) mass is 586 g/mol. The summed E-state index contributed by atoms with van der Waals surface area (Å²) in [7, 11) is 0. The lowest BCUT2D eigenvalue weighted by atomic mass is 10.0. The van der Waals surface area contributed by atoms with E-state index in [1.165, 1.54) is 0 Å². The van der Waals surface area contributed by atoms with Gasteiger partial charge in [0, 0.05) is 25.7 Å². The number of carbonyl (C=O) groups excluding carboxylic acids is 1. The van der Waals surface area contributed by atoms with Crippen LogP contribution in [0.4, 0.5) is 5.69 Å². The predicted molar refractivity (Wildman–Crippen MR) is 136 cm³/mol. The average molecular weight is 587 g/mol.